The largest absolute Gasteiger partial charge is 0.496 e. The van der Waals surface area contributed by atoms with E-state index in [0.717, 1.165) is 40.2 Å². The van der Waals surface area contributed by atoms with Crippen molar-refractivity contribution < 1.29 is 19.4 Å². The molecule has 0 atom stereocenters. The van der Waals surface area contributed by atoms with Crippen molar-refractivity contribution in [2.45, 2.75) is 32.6 Å². The monoisotopic (exact) mass is 326 g/mol. The molecule has 2 aromatic carbocycles. The highest BCUT2D eigenvalue weighted by molar-refractivity contribution is 5.83. The van der Waals surface area contributed by atoms with Gasteiger partial charge in [0.15, 0.2) is 0 Å². The fourth-order valence-corrected chi connectivity index (χ4v) is 3.16. The van der Waals surface area contributed by atoms with Gasteiger partial charge in [-0.15, -0.1) is 0 Å². The van der Waals surface area contributed by atoms with Crippen LogP contribution in [0, 0.1) is 6.92 Å². The normalized spacial score (nSPS) is 13.3. The SMILES string of the molecule is COc1ccc(C(C)(C)C(=O)O)cc1-c1ccc2c(c1C)CCO2. The summed E-state index contributed by atoms with van der Waals surface area (Å²) in [7, 11) is 1.63. The van der Waals surface area contributed by atoms with Gasteiger partial charge in [0.25, 0.3) is 0 Å². The molecular formula is C20H22O4. The summed E-state index contributed by atoms with van der Waals surface area (Å²) in [6.45, 7) is 6.22. The van der Waals surface area contributed by atoms with Crippen molar-refractivity contribution in [3.63, 3.8) is 0 Å². The topological polar surface area (TPSA) is 55.8 Å². The Hall–Kier alpha value is -2.49. The summed E-state index contributed by atoms with van der Waals surface area (Å²) >= 11 is 0. The van der Waals surface area contributed by atoms with Crippen LogP contribution in [-0.4, -0.2) is 24.8 Å². The minimum absolute atomic E-state index is 0.711. The van der Waals surface area contributed by atoms with Crippen molar-refractivity contribution in [1.82, 2.24) is 0 Å². The molecule has 0 aromatic heterocycles. The average Bonchev–Trinajstić information content (AvgIpc) is 3.04. The van der Waals surface area contributed by atoms with Gasteiger partial charge in [0.05, 0.1) is 19.1 Å². The average molecular weight is 326 g/mol. The van der Waals surface area contributed by atoms with Crippen molar-refractivity contribution in [3.05, 3.63) is 47.0 Å². The number of carbonyl (C=O) groups is 1. The Morgan fingerprint density at radius 3 is 2.62 bits per heavy atom. The lowest BCUT2D eigenvalue weighted by Crippen LogP contribution is -2.28. The van der Waals surface area contributed by atoms with Gasteiger partial charge >= 0.3 is 5.97 Å². The highest BCUT2D eigenvalue weighted by Crippen LogP contribution is 2.40. The number of methoxy groups -OCH3 is 1. The molecule has 0 radical (unpaired) electrons. The summed E-state index contributed by atoms with van der Waals surface area (Å²) in [6, 6.07) is 9.60. The molecule has 0 saturated heterocycles. The first-order chi connectivity index (χ1) is 11.4. The molecule has 126 valence electrons. The van der Waals surface area contributed by atoms with Crippen LogP contribution in [0.2, 0.25) is 0 Å². The molecular weight excluding hydrogens is 304 g/mol. The van der Waals surface area contributed by atoms with E-state index in [-0.39, 0.29) is 0 Å². The van der Waals surface area contributed by atoms with Gasteiger partial charge in [0.1, 0.15) is 11.5 Å². The molecule has 1 N–H and O–H groups in total. The van der Waals surface area contributed by atoms with Crippen LogP contribution in [0.5, 0.6) is 11.5 Å². The number of carboxylic acids is 1. The number of hydrogen-bond donors (Lipinski definition) is 1. The van der Waals surface area contributed by atoms with E-state index in [4.69, 9.17) is 9.47 Å². The van der Waals surface area contributed by atoms with Crippen LogP contribution < -0.4 is 9.47 Å². The Morgan fingerprint density at radius 1 is 1.21 bits per heavy atom. The molecule has 0 fully saturated rings. The van der Waals surface area contributed by atoms with E-state index in [1.54, 1.807) is 21.0 Å². The second-order valence-corrected chi connectivity index (χ2v) is 6.66. The number of ether oxygens (including phenoxy) is 2. The third kappa shape index (κ3) is 2.52. The zero-order valence-electron chi connectivity index (χ0n) is 14.5. The van der Waals surface area contributed by atoms with Crippen LogP contribution in [0.25, 0.3) is 11.1 Å². The van der Waals surface area contributed by atoms with Crippen LogP contribution in [0.3, 0.4) is 0 Å². The van der Waals surface area contributed by atoms with Gasteiger partial charge in [-0.2, -0.15) is 0 Å². The molecule has 24 heavy (non-hydrogen) atoms. The summed E-state index contributed by atoms with van der Waals surface area (Å²) in [6.07, 6.45) is 0.900. The zero-order valence-corrected chi connectivity index (χ0v) is 14.5. The lowest BCUT2D eigenvalue weighted by Gasteiger charge is -2.22. The molecule has 1 aliphatic rings. The van der Waals surface area contributed by atoms with Crippen LogP contribution >= 0.6 is 0 Å². The number of benzene rings is 2. The molecule has 0 bridgehead atoms. The zero-order chi connectivity index (χ0) is 17.5. The standard InChI is InChI=1S/C20H22O4/c1-12-14(6-8-18-15(12)9-10-24-18)16-11-13(5-7-17(16)23-4)20(2,3)19(21)22/h5-8,11H,9-10H2,1-4H3,(H,21,22). The Morgan fingerprint density at radius 2 is 1.96 bits per heavy atom. The quantitative estimate of drug-likeness (QED) is 0.924. The van der Waals surface area contributed by atoms with Gasteiger partial charge in [-0.3, -0.25) is 4.79 Å². The maximum atomic E-state index is 11.6. The molecule has 4 heteroatoms. The van der Waals surface area contributed by atoms with E-state index in [2.05, 4.69) is 6.92 Å². The maximum Gasteiger partial charge on any atom is 0.313 e. The van der Waals surface area contributed by atoms with Gasteiger partial charge in [-0.25, -0.2) is 0 Å². The Bertz CT molecular complexity index is 806. The van der Waals surface area contributed by atoms with E-state index in [1.807, 2.05) is 30.3 Å². The molecule has 3 rings (SSSR count). The summed E-state index contributed by atoms with van der Waals surface area (Å²) in [5.41, 5.74) is 4.14. The molecule has 0 spiro atoms. The number of carboxylic acid groups (broad SMARTS) is 1. The van der Waals surface area contributed by atoms with Crippen LogP contribution in [0.15, 0.2) is 30.3 Å². The van der Waals surface area contributed by atoms with E-state index in [1.165, 1.54) is 5.56 Å². The minimum atomic E-state index is -0.964. The Labute approximate surface area is 142 Å². The second kappa shape index (κ2) is 5.86. The highest BCUT2D eigenvalue weighted by Gasteiger charge is 2.30. The smallest absolute Gasteiger partial charge is 0.313 e. The summed E-state index contributed by atoms with van der Waals surface area (Å²) in [5.74, 6) is 0.830. The Kier molecular flexibility index (Phi) is 3.99. The molecule has 0 saturated carbocycles. The number of aliphatic carboxylic acids is 1. The van der Waals surface area contributed by atoms with Crippen LogP contribution in [-0.2, 0) is 16.6 Å². The van der Waals surface area contributed by atoms with Gasteiger partial charge in [-0.1, -0.05) is 12.1 Å². The van der Waals surface area contributed by atoms with E-state index >= 15 is 0 Å². The molecule has 1 heterocycles. The van der Waals surface area contributed by atoms with Crippen LogP contribution in [0.4, 0.5) is 0 Å². The van der Waals surface area contributed by atoms with Gasteiger partial charge < -0.3 is 14.6 Å². The van der Waals surface area contributed by atoms with Crippen molar-refractivity contribution in [2.75, 3.05) is 13.7 Å². The fraction of sp³-hybridized carbons (Fsp3) is 0.350. The van der Waals surface area contributed by atoms with Crippen molar-refractivity contribution in [2.24, 2.45) is 0 Å². The molecule has 1 aliphatic heterocycles. The Balaban J connectivity index is 2.19. The van der Waals surface area contributed by atoms with Gasteiger partial charge in [0.2, 0.25) is 0 Å². The predicted octanol–water partition coefficient (Wildman–Crippen LogP) is 3.97. The summed E-state index contributed by atoms with van der Waals surface area (Å²) in [4.78, 5) is 11.6. The molecule has 2 aromatic rings. The minimum Gasteiger partial charge on any atom is -0.496 e. The van der Waals surface area contributed by atoms with E-state index in [0.29, 0.717) is 6.61 Å². The second-order valence-electron chi connectivity index (χ2n) is 6.66. The van der Waals surface area contributed by atoms with E-state index in [9.17, 15) is 9.90 Å². The number of fused-ring (bicyclic) bond motifs is 1. The lowest BCUT2D eigenvalue weighted by atomic mass is 9.82. The van der Waals surface area contributed by atoms with Crippen molar-refractivity contribution in [3.8, 4) is 22.6 Å². The maximum absolute atomic E-state index is 11.6. The van der Waals surface area contributed by atoms with E-state index < -0.39 is 11.4 Å². The molecule has 0 unspecified atom stereocenters. The summed E-state index contributed by atoms with van der Waals surface area (Å²) < 4.78 is 11.2. The number of hydrogen-bond acceptors (Lipinski definition) is 3. The van der Waals surface area contributed by atoms with Crippen molar-refractivity contribution in [1.29, 1.82) is 0 Å². The molecule has 0 amide bonds. The van der Waals surface area contributed by atoms with Crippen LogP contribution in [0.1, 0.15) is 30.5 Å². The predicted molar refractivity (Wildman–Crippen MR) is 93.0 cm³/mol. The molecule has 0 aliphatic carbocycles. The first-order valence-electron chi connectivity index (χ1n) is 8.04. The number of rotatable bonds is 4. The van der Waals surface area contributed by atoms with Gasteiger partial charge in [-0.05, 0) is 55.7 Å². The first-order valence-corrected chi connectivity index (χ1v) is 8.04. The molecule has 4 nitrogen and oxygen atoms in total. The first kappa shape index (κ1) is 16.4. The highest BCUT2D eigenvalue weighted by atomic mass is 16.5. The fourth-order valence-electron chi connectivity index (χ4n) is 3.16. The lowest BCUT2D eigenvalue weighted by molar-refractivity contribution is -0.142. The van der Waals surface area contributed by atoms with Gasteiger partial charge in [0, 0.05) is 17.5 Å². The van der Waals surface area contributed by atoms with Crippen molar-refractivity contribution >= 4 is 5.97 Å². The third-order valence-electron chi connectivity index (χ3n) is 4.91. The summed E-state index contributed by atoms with van der Waals surface area (Å²) in [5, 5.41) is 9.52. The third-order valence-corrected chi connectivity index (χ3v) is 4.91.